The Kier molecular flexibility index (Phi) is 11.9. The number of hydrogen-bond acceptors (Lipinski definition) is 15. The first kappa shape index (κ1) is 34.9. The number of carbonyl (C=O) groups is 1. The third-order valence-corrected chi connectivity index (χ3v) is 8.22. The van der Waals surface area contributed by atoms with Crippen LogP contribution in [0.1, 0.15) is 31.1 Å². The Bertz CT molecular complexity index is 1060. The largest absolute Gasteiger partial charge is 0.465 e. The summed E-state index contributed by atoms with van der Waals surface area (Å²) in [5.74, 6) is -0.158. The summed E-state index contributed by atoms with van der Waals surface area (Å²) in [6.07, 6.45) is -16.3. The molecule has 15 nitrogen and oxygen atoms in total. The molecular weight excluding hydrogens is 588 g/mol. The van der Waals surface area contributed by atoms with Gasteiger partial charge in [-0.1, -0.05) is 0 Å². The van der Waals surface area contributed by atoms with Crippen molar-refractivity contribution in [2.45, 2.75) is 113 Å². The molecule has 4 rings (SSSR count). The van der Waals surface area contributed by atoms with E-state index >= 15 is 0 Å². The number of benzene rings is 1. The summed E-state index contributed by atoms with van der Waals surface area (Å²) in [6.45, 7) is 4.87. The number of aliphatic hydroxyl groups excluding tert-OH is 4. The molecule has 3 heterocycles. The molecule has 15 atom stereocenters. The van der Waals surface area contributed by atoms with Gasteiger partial charge in [0.15, 0.2) is 12.6 Å². The van der Waals surface area contributed by atoms with Crippen molar-refractivity contribution in [1.82, 2.24) is 0 Å². The van der Waals surface area contributed by atoms with E-state index in [9.17, 15) is 25.2 Å². The van der Waals surface area contributed by atoms with Gasteiger partial charge >= 0.3 is 5.97 Å². The van der Waals surface area contributed by atoms with E-state index in [1.54, 1.807) is 32.9 Å². The fraction of sp³-hybridized carbons (Fsp3) is 0.759. The monoisotopic (exact) mass is 632 g/mol. The van der Waals surface area contributed by atoms with Crippen LogP contribution in [-0.2, 0) is 42.6 Å². The van der Waals surface area contributed by atoms with Crippen LogP contribution >= 0.6 is 0 Å². The lowest BCUT2D eigenvalue weighted by Gasteiger charge is -2.48. The summed E-state index contributed by atoms with van der Waals surface area (Å²) in [7, 11) is 5.47. The van der Waals surface area contributed by atoms with Crippen LogP contribution < -0.4 is 4.74 Å². The molecule has 3 aliphatic heterocycles. The topological polar surface area (TPSA) is 190 Å². The van der Waals surface area contributed by atoms with E-state index in [0.717, 1.165) is 0 Å². The summed E-state index contributed by atoms with van der Waals surface area (Å²) < 4.78 is 56.8. The first-order chi connectivity index (χ1) is 20.9. The zero-order valence-electron chi connectivity index (χ0n) is 25.7. The third-order valence-electron chi connectivity index (χ3n) is 8.22. The molecule has 0 aliphatic carbocycles. The van der Waals surface area contributed by atoms with Crippen LogP contribution in [-0.4, -0.2) is 147 Å². The van der Waals surface area contributed by atoms with Gasteiger partial charge in [-0.15, -0.1) is 0 Å². The molecule has 3 fully saturated rings. The van der Waals surface area contributed by atoms with Crippen molar-refractivity contribution in [2.75, 3.05) is 28.4 Å². The second-order valence-electron chi connectivity index (χ2n) is 11.0. The fourth-order valence-electron chi connectivity index (χ4n) is 5.67. The van der Waals surface area contributed by atoms with Gasteiger partial charge in [0.1, 0.15) is 60.7 Å². The highest BCUT2D eigenvalue weighted by Crippen LogP contribution is 2.34. The molecule has 44 heavy (non-hydrogen) atoms. The summed E-state index contributed by atoms with van der Waals surface area (Å²) >= 11 is 0. The van der Waals surface area contributed by atoms with E-state index < -0.39 is 98.1 Å². The molecule has 4 N–H and O–H groups in total. The normalized spacial score (nSPS) is 42.9. The number of ether oxygens (including phenoxy) is 10. The van der Waals surface area contributed by atoms with Gasteiger partial charge in [-0.3, -0.25) is 0 Å². The molecule has 0 bridgehead atoms. The molecule has 0 aromatic heterocycles. The molecule has 0 radical (unpaired) electrons. The first-order valence-corrected chi connectivity index (χ1v) is 14.4. The molecule has 0 unspecified atom stereocenters. The zero-order chi connectivity index (χ0) is 32.3. The predicted molar refractivity (Wildman–Crippen MR) is 148 cm³/mol. The second-order valence-corrected chi connectivity index (χ2v) is 11.0. The van der Waals surface area contributed by atoms with Crippen LogP contribution in [0.3, 0.4) is 0 Å². The molecule has 0 spiro atoms. The minimum absolute atomic E-state index is 0.326. The van der Waals surface area contributed by atoms with Gasteiger partial charge in [-0.05, 0) is 45.0 Å². The van der Waals surface area contributed by atoms with Crippen molar-refractivity contribution in [3.8, 4) is 5.75 Å². The van der Waals surface area contributed by atoms with Crippen molar-refractivity contribution in [3.05, 3.63) is 29.8 Å². The number of esters is 1. The Hall–Kier alpha value is -1.99. The summed E-state index contributed by atoms with van der Waals surface area (Å²) in [4.78, 5) is 11.8. The Morgan fingerprint density at radius 3 is 1.68 bits per heavy atom. The summed E-state index contributed by atoms with van der Waals surface area (Å²) in [6, 6.07) is 6.16. The quantitative estimate of drug-likeness (QED) is 0.238. The molecule has 0 saturated carbocycles. The zero-order valence-corrected chi connectivity index (χ0v) is 25.7. The van der Waals surface area contributed by atoms with Gasteiger partial charge in [0, 0.05) is 21.3 Å². The molecule has 3 saturated heterocycles. The highest BCUT2D eigenvalue weighted by Gasteiger charge is 2.53. The van der Waals surface area contributed by atoms with E-state index in [2.05, 4.69) is 0 Å². The highest BCUT2D eigenvalue weighted by molar-refractivity contribution is 5.89. The molecule has 0 amide bonds. The average molecular weight is 633 g/mol. The summed E-state index contributed by atoms with van der Waals surface area (Å²) in [5, 5.41) is 44.1. The average Bonchev–Trinajstić information content (AvgIpc) is 3.00. The van der Waals surface area contributed by atoms with Crippen LogP contribution in [0, 0.1) is 0 Å². The van der Waals surface area contributed by atoms with E-state index in [1.165, 1.54) is 40.6 Å². The van der Waals surface area contributed by atoms with Crippen molar-refractivity contribution in [3.63, 3.8) is 0 Å². The standard InChI is InChI=1S/C29H44O15/c1-12-17(30)22(43-28-24(36-5)19(32)21(35-4)14(3)41-28)20(33)27(39-12)44-23-18(31)13(2)40-29(25(23)37-6)42-16-10-8-15(9-11-16)26(34)38-7/h8-14,17-25,27-33H,1-7H3/t12-,13-,14-,17-,18-,19+,20+,21+,22+,23+,24-,25+,27-,28-,29-/m0/s1. The van der Waals surface area contributed by atoms with E-state index in [0.29, 0.717) is 11.3 Å². The van der Waals surface area contributed by atoms with Crippen LogP contribution in [0.4, 0.5) is 0 Å². The molecule has 1 aromatic rings. The third kappa shape index (κ3) is 7.19. The van der Waals surface area contributed by atoms with Crippen molar-refractivity contribution in [1.29, 1.82) is 0 Å². The maximum atomic E-state index is 11.8. The van der Waals surface area contributed by atoms with Gasteiger partial charge in [0.05, 0.1) is 31.0 Å². The van der Waals surface area contributed by atoms with Crippen LogP contribution in [0.15, 0.2) is 24.3 Å². The smallest absolute Gasteiger partial charge is 0.337 e. The predicted octanol–water partition coefficient (Wildman–Crippen LogP) is -0.655. The Balaban J connectivity index is 1.50. The Morgan fingerprint density at radius 2 is 1.11 bits per heavy atom. The Morgan fingerprint density at radius 1 is 0.591 bits per heavy atom. The lowest BCUT2D eigenvalue weighted by atomic mass is 9.96. The number of carbonyl (C=O) groups excluding carboxylic acids is 1. The van der Waals surface area contributed by atoms with Crippen molar-refractivity contribution in [2.24, 2.45) is 0 Å². The summed E-state index contributed by atoms with van der Waals surface area (Å²) in [5.41, 5.74) is 0.326. The lowest BCUT2D eigenvalue weighted by Crippen LogP contribution is -2.66. The van der Waals surface area contributed by atoms with E-state index in [1.807, 2.05) is 0 Å². The number of hydrogen-bond donors (Lipinski definition) is 4. The number of methoxy groups -OCH3 is 4. The van der Waals surface area contributed by atoms with Crippen LogP contribution in [0.25, 0.3) is 0 Å². The van der Waals surface area contributed by atoms with Gasteiger partial charge in [0.2, 0.25) is 6.29 Å². The minimum atomic E-state index is -1.58. The van der Waals surface area contributed by atoms with Crippen molar-refractivity contribution < 1.29 is 72.6 Å². The van der Waals surface area contributed by atoms with Gasteiger partial charge in [-0.25, -0.2) is 4.79 Å². The maximum Gasteiger partial charge on any atom is 0.337 e. The number of rotatable bonds is 10. The second kappa shape index (κ2) is 15.1. The molecule has 15 heteroatoms. The highest BCUT2D eigenvalue weighted by atomic mass is 16.8. The fourth-order valence-corrected chi connectivity index (χ4v) is 5.67. The number of aliphatic hydroxyl groups is 4. The molecule has 1 aromatic carbocycles. The maximum absolute atomic E-state index is 11.8. The van der Waals surface area contributed by atoms with Crippen molar-refractivity contribution >= 4 is 5.97 Å². The first-order valence-electron chi connectivity index (χ1n) is 14.4. The van der Waals surface area contributed by atoms with E-state index in [4.69, 9.17) is 47.4 Å². The van der Waals surface area contributed by atoms with E-state index in [-0.39, 0.29) is 0 Å². The van der Waals surface area contributed by atoms with Gasteiger partial charge in [0.25, 0.3) is 0 Å². The lowest BCUT2D eigenvalue weighted by molar-refractivity contribution is -0.374. The van der Waals surface area contributed by atoms with Gasteiger partial charge in [-0.2, -0.15) is 0 Å². The molecule has 3 aliphatic rings. The minimum Gasteiger partial charge on any atom is -0.465 e. The molecule has 250 valence electrons. The SMILES string of the molecule is COC(=O)c1ccc(O[C@@H]2O[C@@H](C)[C@H](O)[C@@H](O[C@@H]3O[C@@H](C)[C@H](O)[C@@H](O[C@@H]4O[C@@H](C)[C@@H](OC)[C@@H](O)[C@@H]4OC)[C@H]3O)[C@H]2OC)cc1. The molecular formula is C29H44O15. The van der Waals surface area contributed by atoms with Crippen LogP contribution in [0.2, 0.25) is 0 Å². The van der Waals surface area contributed by atoms with Crippen LogP contribution in [0.5, 0.6) is 5.75 Å². The van der Waals surface area contributed by atoms with Gasteiger partial charge < -0.3 is 67.8 Å². The Labute approximate surface area is 255 Å².